The monoisotopic (exact) mass is 344 g/mol. The van der Waals surface area contributed by atoms with Crippen LogP contribution in [-0.2, 0) is 4.79 Å². The summed E-state index contributed by atoms with van der Waals surface area (Å²) in [6, 6.07) is 4.69. The Labute approximate surface area is 141 Å². The second kappa shape index (κ2) is 5.80. The van der Waals surface area contributed by atoms with Crippen LogP contribution in [0.5, 0.6) is 5.88 Å². The molecule has 0 saturated heterocycles. The lowest BCUT2D eigenvalue weighted by Gasteiger charge is -2.07. The molecule has 8 heteroatoms. The fraction of sp³-hybridized carbons (Fsp3) is 0.235. The smallest absolute Gasteiger partial charge is 0.231 e. The third-order valence-electron chi connectivity index (χ3n) is 4.14. The van der Waals surface area contributed by atoms with Gasteiger partial charge in [-0.05, 0) is 24.6 Å². The largest absolute Gasteiger partial charge is 0.481 e. The van der Waals surface area contributed by atoms with Crippen molar-refractivity contribution in [2.45, 2.75) is 12.6 Å². The maximum atomic E-state index is 13.6. The Bertz CT molecular complexity index is 972. The molecule has 1 amide bonds. The fourth-order valence-electron chi connectivity index (χ4n) is 2.73. The number of carbonyl (C=O) groups is 1. The van der Waals surface area contributed by atoms with E-state index in [4.69, 9.17) is 4.74 Å². The molecule has 0 aliphatic heterocycles. The Morgan fingerprint density at radius 2 is 2.20 bits per heavy atom. The number of nitrogens with zero attached hydrogens (tertiary/aromatic N) is 2. The summed E-state index contributed by atoms with van der Waals surface area (Å²) in [5.41, 5.74) is 1.67. The fourth-order valence-corrected chi connectivity index (χ4v) is 2.73. The summed E-state index contributed by atoms with van der Waals surface area (Å²) >= 11 is 0. The molecule has 25 heavy (non-hydrogen) atoms. The summed E-state index contributed by atoms with van der Waals surface area (Å²) in [5, 5.41) is 3.32. The van der Waals surface area contributed by atoms with Crippen molar-refractivity contribution < 1.29 is 18.3 Å². The Morgan fingerprint density at radius 1 is 1.40 bits per heavy atom. The molecule has 2 atom stereocenters. The molecule has 3 aromatic rings. The number of anilines is 1. The summed E-state index contributed by atoms with van der Waals surface area (Å²) < 4.78 is 31.7. The van der Waals surface area contributed by atoms with Crippen molar-refractivity contribution in [3.63, 3.8) is 0 Å². The number of alkyl halides is 1. The Kier molecular flexibility index (Phi) is 3.60. The zero-order valence-corrected chi connectivity index (χ0v) is 13.2. The standard InChI is InChI=1S/C17H14F2N4O2/c1-25-17-10(4-8(18)6-21-17)12-7-20-15-9(12)2-3-14(22-15)23-16(24)11-5-13(11)19/h2-4,6-7,11,13H,5H2,1H3,(H2,20,22,23,24). The van der Waals surface area contributed by atoms with Gasteiger partial charge in [0.1, 0.15) is 23.5 Å². The molecular formula is C17H14F2N4O2. The van der Waals surface area contributed by atoms with Crippen LogP contribution in [0.3, 0.4) is 0 Å². The molecule has 0 aromatic carbocycles. The van der Waals surface area contributed by atoms with Gasteiger partial charge in [0.05, 0.1) is 19.2 Å². The normalized spacial score (nSPS) is 19.0. The number of amides is 1. The van der Waals surface area contributed by atoms with Crippen LogP contribution in [0.2, 0.25) is 0 Å². The van der Waals surface area contributed by atoms with E-state index in [1.807, 2.05) is 0 Å². The highest BCUT2D eigenvalue weighted by Crippen LogP contribution is 2.36. The van der Waals surface area contributed by atoms with Crippen molar-refractivity contribution in [3.8, 4) is 17.0 Å². The van der Waals surface area contributed by atoms with Crippen LogP contribution < -0.4 is 10.1 Å². The second-order valence-electron chi connectivity index (χ2n) is 5.85. The first kappa shape index (κ1) is 15.5. The van der Waals surface area contributed by atoms with Gasteiger partial charge in [-0.3, -0.25) is 4.79 Å². The first-order valence-corrected chi connectivity index (χ1v) is 7.70. The molecule has 0 bridgehead atoms. The van der Waals surface area contributed by atoms with Crippen molar-refractivity contribution in [2.24, 2.45) is 5.92 Å². The zero-order chi connectivity index (χ0) is 17.6. The number of nitrogens with one attached hydrogen (secondary N) is 2. The van der Waals surface area contributed by atoms with E-state index in [0.717, 1.165) is 11.6 Å². The summed E-state index contributed by atoms with van der Waals surface area (Å²) in [5.74, 6) is -0.814. The third kappa shape index (κ3) is 2.79. The molecule has 6 nitrogen and oxygen atoms in total. The van der Waals surface area contributed by atoms with E-state index in [9.17, 15) is 13.6 Å². The van der Waals surface area contributed by atoms with Gasteiger partial charge < -0.3 is 15.0 Å². The number of aromatic nitrogens is 3. The number of carbonyl (C=O) groups excluding carboxylic acids is 1. The van der Waals surface area contributed by atoms with Gasteiger partial charge in [-0.1, -0.05) is 0 Å². The van der Waals surface area contributed by atoms with Gasteiger partial charge in [0.25, 0.3) is 0 Å². The number of aromatic amines is 1. The summed E-state index contributed by atoms with van der Waals surface area (Å²) in [6.45, 7) is 0. The molecular weight excluding hydrogens is 330 g/mol. The van der Waals surface area contributed by atoms with E-state index in [-0.39, 0.29) is 12.3 Å². The quantitative estimate of drug-likeness (QED) is 0.762. The van der Waals surface area contributed by atoms with E-state index in [0.29, 0.717) is 28.5 Å². The first-order valence-electron chi connectivity index (χ1n) is 7.70. The molecule has 3 aromatic heterocycles. The average Bonchev–Trinajstić information content (AvgIpc) is 3.19. The summed E-state index contributed by atoms with van der Waals surface area (Å²) in [7, 11) is 1.46. The lowest BCUT2D eigenvalue weighted by Crippen LogP contribution is -2.15. The molecule has 128 valence electrons. The minimum absolute atomic E-state index is 0.257. The van der Waals surface area contributed by atoms with Crippen LogP contribution in [0, 0.1) is 11.7 Å². The molecule has 2 N–H and O–H groups in total. The number of ether oxygens (including phenoxy) is 1. The van der Waals surface area contributed by atoms with E-state index in [1.54, 1.807) is 18.3 Å². The predicted octanol–water partition coefficient (Wildman–Crippen LogP) is 3.07. The maximum Gasteiger partial charge on any atom is 0.231 e. The zero-order valence-electron chi connectivity index (χ0n) is 13.2. The number of pyridine rings is 2. The minimum atomic E-state index is -1.06. The van der Waals surface area contributed by atoms with Gasteiger partial charge in [0.15, 0.2) is 0 Å². The van der Waals surface area contributed by atoms with Crippen LogP contribution in [0.1, 0.15) is 6.42 Å². The number of fused-ring (bicyclic) bond motifs is 1. The number of hydrogen-bond acceptors (Lipinski definition) is 4. The SMILES string of the molecule is COc1ncc(F)cc1-c1c[nH]c2nc(NC(=O)C3CC3F)ccc12. The summed E-state index contributed by atoms with van der Waals surface area (Å²) in [6.07, 6.45) is 1.95. The topological polar surface area (TPSA) is 79.9 Å². The molecule has 1 fully saturated rings. The molecule has 1 aliphatic carbocycles. The Hall–Kier alpha value is -3.03. The number of hydrogen-bond donors (Lipinski definition) is 2. The Morgan fingerprint density at radius 3 is 2.92 bits per heavy atom. The number of methoxy groups -OCH3 is 1. The van der Waals surface area contributed by atoms with Crippen LogP contribution >= 0.6 is 0 Å². The van der Waals surface area contributed by atoms with E-state index >= 15 is 0 Å². The van der Waals surface area contributed by atoms with Crippen LogP contribution in [0.25, 0.3) is 22.2 Å². The Balaban J connectivity index is 1.69. The lowest BCUT2D eigenvalue weighted by molar-refractivity contribution is -0.117. The molecule has 4 rings (SSSR count). The first-order chi connectivity index (χ1) is 12.1. The van der Waals surface area contributed by atoms with Crippen molar-refractivity contribution in [2.75, 3.05) is 12.4 Å². The van der Waals surface area contributed by atoms with Crippen molar-refractivity contribution in [1.82, 2.24) is 15.0 Å². The molecule has 3 heterocycles. The van der Waals surface area contributed by atoms with Gasteiger partial charge in [-0.25, -0.2) is 18.7 Å². The van der Waals surface area contributed by atoms with Crippen LogP contribution in [-0.4, -0.2) is 34.1 Å². The molecule has 0 radical (unpaired) electrons. The van der Waals surface area contributed by atoms with Gasteiger partial charge >= 0.3 is 0 Å². The van der Waals surface area contributed by atoms with Gasteiger partial charge in [0.2, 0.25) is 11.8 Å². The molecule has 0 spiro atoms. The molecule has 1 aliphatic rings. The maximum absolute atomic E-state index is 13.6. The van der Waals surface area contributed by atoms with E-state index in [2.05, 4.69) is 20.3 Å². The van der Waals surface area contributed by atoms with Gasteiger partial charge in [-0.2, -0.15) is 0 Å². The van der Waals surface area contributed by atoms with Crippen molar-refractivity contribution in [3.05, 3.63) is 36.4 Å². The summed E-state index contributed by atoms with van der Waals surface area (Å²) in [4.78, 5) is 23.0. The highest BCUT2D eigenvalue weighted by molar-refractivity contribution is 5.98. The third-order valence-corrected chi connectivity index (χ3v) is 4.14. The molecule has 2 unspecified atom stereocenters. The number of H-pyrrole nitrogens is 1. The lowest BCUT2D eigenvalue weighted by atomic mass is 10.1. The highest BCUT2D eigenvalue weighted by atomic mass is 19.1. The van der Waals surface area contributed by atoms with E-state index in [1.165, 1.54) is 13.2 Å². The number of halogens is 2. The van der Waals surface area contributed by atoms with Crippen LogP contribution in [0.15, 0.2) is 30.6 Å². The molecule has 1 saturated carbocycles. The highest BCUT2D eigenvalue weighted by Gasteiger charge is 2.43. The number of rotatable bonds is 4. The predicted molar refractivity (Wildman–Crippen MR) is 87.5 cm³/mol. The second-order valence-corrected chi connectivity index (χ2v) is 5.85. The van der Waals surface area contributed by atoms with Crippen molar-refractivity contribution >= 4 is 22.8 Å². The minimum Gasteiger partial charge on any atom is -0.481 e. The average molecular weight is 344 g/mol. The van der Waals surface area contributed by atoms with Crippen LogP contribution in [0.4, 0.5) is 14.6 Å². The van der Waals surface area contributed by atoms with E-state index < -0.39 is 17.9 Å². The van der Waals surface area contributed by atoms with Gasteiger partial charge in [0, 0.05) is 22.7 Å². The van der Waals surface area contributed by atoms with Crippen molar-refractivity contribution in [1.29, 1.82) is 0 Å². The van der Waals surface area contributed by atoms with Gasteiger partial charge in [-0.15, -0.1) is 0 Å².